The predicted molar refractivity (Wildman–Crippen MR) is 103 cm³/mol. The van der Waals surface area contributed by atoms with Gasteiger partial charge >= 0.3 is 5.97 Å². The average Bonchev–Trinajstić information content (AvgIpc) is 3.17. The molecular weight excluding hydrogens is 340 g/mol. The Morgan fingerprint density at radius 3 is 2.37 bits per heavy atom. The first-order valence-electron chi connectivity index (χ1n) is 9.35. The molecule has 0 bridgehead atoms. The van der Waals surface area contributed by atoms with Gasteiger partial charge in [0.2, 0.25) is 6.10 Å². The molecule has 0 saturated carbocycles. The first-order chi connectivity index (χ1) is 13.2. The summed E-state index contributed by atoms with van der Waals surface area (Å²) in [5.74, 6) is -0.671. The van der Waals surface area contributed by atoms with E-state index in [9.17, 15) is 9.59 Å². The van der Waals surface area contributed by atoms with Crippen molar-refractivity contribution in [3.05, 3.63) is 71.9 Å². The van der Waals surface area contributed by atoms with Crippen molar-refractivity contribution in [2.75, 3.05) is 13.1 Å². The number of hydrogen-bond acceptors (Lipinski definition) is 3. The maximum absolute atomic E-state index is 13.1. The molecule has 1 aliphatic rings. The Balaban J connectivity index is 1.60. The maximum atomic E-state index is 13.1. The monoisotopic (exact) mass is 362 g/mol. The number of aromatic amines is 1. The molecule has 1 aliphatic heterocycles. The quantitative estimate of drug-likeness (QED) is 0.712. The normalized spacial score (nSPS) is 15.5. The van der Waals surface area contributed by atoms with Crippen molar-refractivity contribution in [3.8, 4) is 0 Å². The standard InChI is InChI=1S/C22H22N2O3/c25-21(24-13-7-2-8-14-24)20(16-9-3-1-4-10-16)27-22(26)19-15-17-11-5-6-12-18(17)23-19/h1,3-6,9-12,15,20,23H,2,7-8,13-14H2. The molecule has 1 fully saturated rings. The smallest absolute Gasteiger partial charge is 0.355 e. The van der Waals surface area contributed by atoms with Crippen LogP contribution >= 0.6 is 0 Å². The molecule has 0 aliphatic carbocycles. The molecule has 3 aromatic rings. The number of ether oxygens (including phenoxy) is 1. The molecule has 27 heavy (non-hydrogen) atoms. The van der Waals surface area contributed by atoms with E-state index in [1.165, 1.54) is 0 Å². The molecule has 1 saturated heterocycles. The molecule has 1 N–H and O–H groups in total. The minimum absolute atomic E-state index is 0.148. The summed E-state index contributed by atoms with van der Waals surface area (Å²) in [7, 11) is 0. The molecule has 0 spiro atoms. The Morgan fingerprint density at radius 2 is 1.63 bits per heavy atom. The molecule has 2 heterocycles. The lowest BCUT2D eigenvalue weighted by Gasteiger charge is -2.30. The van der Waals surface area contributed by atoms with Crippen LogP contribution in [-0.4, -0.2) is 34.8 Å². The van der Waals surface area contributed by atoms with Crippen molar-refractivity contribution in [2.45, 2.75) is 25.4 Å². The van der Waals surface area contributed by atoms with Crippen molar-refractivity contribution in [3.63, 3.8) is 0 Å². The van der Waals surface area contributed by atoms with E-state index in [0.29, 0.717) is 24.3 Å². The van der Waals surface area contributed by atoms with E-state index in [0.717, 1.165) is 30.2 Å². The van der Waals surface area contributed by atoms with Gasteiger partial charge in [0.15, 0.2) is 0 Å². The van der Waals surface area contributed by atoms with Crippen molar-refractivity contribution in [1.82, 2.24) is 9.88 Å². The fourth-order valence-corrected chi connectivity index (χ4v) is 3.52. The zero-order valence-corrected chi connectivity index (χ0v) is 15.1. The van der Waals surface area contributed by atoms with E-state index >= 15 is 0 Å². The van der Waals surface area contributed by atoms with Gasteiger partial charge in [0.25, 0.3) is 5.91 Å². The zero-order valence-electron chi connectivity index (χ0n) is 15.1. The number of amides is 1. The number of esters is 1. The van der Waals surface area contributed by atoms with Crippen LogP contribution in [0.4, 0.5) is 0 Å². The van der Waals surface area contributed by atoms with Crippen LogP contribution in [0.1, 0.15) is 41.4 Å². The highest BCUT2D eigenvalue weighted by molar-refractivity contribution is 5.96. The van der Waals surface area contributed by atoms with E-state index in [4.69, 9.17) is 4.74 Å². The fraction of sp³-hybridized carbons (Fsp3) is 0.273. The van der Waals surface area contributed by atoms with Gasteiger partial charge < -0.3 is 14.6 Å². The number of carbonyl (C=O) groups excluding carboxylic acids is 2. The second-order valence-corrected chi connectivity index (χ2v) is 6.85. The lowest BCUT2D eigenvalue weighted by molar-refractivity contribution is -0.142. The van der Waals surface area contributed by atoms with E-state index < -0.39 is 12.1 Å². The highest BCUT2D eigenvalue weighted by Crippen LogP contribution is 2.25. The topological polar surface area (TPSA) is 62.4 Å². The molecule has 1 unspecified atom stereocenters. The van der Waals surface area contributed by atoms with Gasteiger partial charge in [-0.2, -0.15) is 0 Å². The molecule has 1 aromatic heterocycles. The summed E-state index contributed by atoms with van der Waals surface area (Å²) < 4.78 is 5.71. The van der Waals surface area contributed by atoms with Gasteiger partial charge in [0.1, 0.15) is 5.69 Å². The lowest BCUT2D eigenvalue weighted by Crippen LogP contribution is -2.40. The highest BCUT2D eigenvalue weighted by atomic mass is 16.5. The van der Waals surface area contributed by atoms with Crippen LogP contribution in [0.3, 0.4) is 0 Å². The molecular formula is C22H22N2O3. The molecule has 1 atom stereocenters. The molecule has 5 heteroatoms. The number of hydrogen-bond donors (Lipinski definition) is 1. The number of nitrogens with zero attached hydrogens (tertiary/aromatic N) is 1. The van der Waals surface area contributed by atoms with Crippen LogP contribution in [0.15, 0.2) is 60.7 Å². The third-order valence-electron chi connectivity index (χ3n) is 4.97. The van der Waals surface area contributed by atoms with Gasteiger partial charge in [0.05, 0.1) is 0 Å². The second-order valence-electron chi connectivity index (χ2n) is 6.85. The average molecular weight is 362 g/mol. The number of piperidine rings is 1. The molecule has 0 radical (unpaired) electrons. The van der Waals surface area contributed by atoms with Crippen LogP contribution in [0, 0.1) is 0 Å². The molecule has 138 valence electrons. The Labute approximate surface area is 157 Å². The van der Waals surface area contributed by atoms with Gasteiger partial charge in [-0.1, -0.05) is 48.5 Å². The van der Waals surface area contributed by atoms with Crippen LogP contribution in [-0.2, 0) is 9.53 Å². The van der Waals surface area contributed by atoms with Crippen LogP contribution in [0.25, 0.3) is 10.9 Å². The maximum Gasteiger partial charge on any atom is 0.355 e. The summed E-state index contributed by atoms with van der Waals surface area (Å²) >= 11 is 0. The van der Waals surface area contributed by atoms with E-state index in [1.54, 1.807) is 11.0 Å². The summed E-state index contributed by atoms with van der Waals surface area (Å²) in [5, 5.41) is 0.933. The van der Waals surface area contributed by atoms with E-state index in [2.05, 4.69) is 4.98 Å². The van der Waals surface area contributed by atoms with Crippen LogP contribution in [0.5, 0.6) is 0 Å². The SMILES string of the molecule is O=C(OC(C(=O)N1CCCCC1)c1ccccc1)c1cc2ccccc2[nH]1. The number of aromatic nitrogens is 1. The number of likely N-dealkylation sites (tertiary alicyclic amines) is 1. The Morgan fingerprint density at radius 1 is 0.926 bits per heavy atom. The summed E-state index contributed by atoms with van der Waals surface area (Å²) in [4.78, 5) is 30.7. The predicted octanol–water partition coefficient (Wildman–Crippen LogP) is 4.08. The van der Waals surface area contributed by atoms with Crippen LogP contribution in [0.2, 0.25) is 0 Å². The Kier molecular flexibility index (Phi) is 4.92. The van der Waals surface area contributed by atoms with Gasteiger partial charge in [-0.3, -0.25) is 4.79 Å². The lowest BCUT2D eigenvalue weighted by atomic mass is 10.1. The molecule has 1 amide bonds. The second kappa shape index (κ2) is 7.66. The number of nitrogens with one attached hydrogen (secondary N) is 1. The minimum Gasteiger partial charge on any atom is -0.443 e. The number of rotatable bonds is 4. The first kappa shape index (κ1) is 17.3. The van der Waals surface area contributed by atoms with Crippen LogP contribution < -0.4 is 0 Å². The molecule has 2 aromatic carbocycles. The third-order valence-corrected chi connectivity index (χ3v) is 4.97. The number of H-pyrrole nitrogens is 1. The first-order valence-corrected chi connectivity index (χ1v) is 9.35. The van der Waals surface area contributed by atoms with Gasteiger partial charge in [-0.25, -0.2) is 4.79 Å². The van der Waals surface area contributed by atoms with Gasteiger partial charge in [-0.15, -0.1) is 0 Å². The van der Waals surface area contributed by atoms with Gasteiger partial charge in [-0.05, 0) is 31.4 Å². The Bertz CT molecular complexity index is 909. The van der Waals surface area contributed by atoms with Crippen molar-refractivity contribution >= 4 is 22.8 Å². The van der Waals surface area contributed by atoms with E-state index in [-0.39, 0.29) is 5.91 Å². The fourth-order valence-electron chi connectivity index (χ4n) is 3.52. The van der Waals surface area contributed by atoms with E-state index in [1.807, 2.05) is 54.6 Å². The van der Waals surface area contributed by atoms with Gasteiger partial charge in [0, 0.05) is 29.6 Å². The molecule has 5 nitrogen and oxygen atoms in total. The van der Waals surface area contributed by atoms with Crippen molar-refractivity contribution < 1.29 is 14.3 Å². The summed E-state index contributed by atoms with van der Waals surface area (Å²) in [6.07, 6.45) is 2.18. The van der Waals surface area contributed by atoms with Crippen molar-refractivity contribution in [1.29, 1.82) is 0 Å². The van der Waals surface area contributed by atoms with Crippen molar-refractivity contribution in [2.24, 2.45) is 0 Å². The summed E-state index contributed by atoms with van der Waals surface area (Å²) in [5.41, 5.74) is 1.91. The number of carbonyl (C=O) groups is 2. The number of para-hydroxylation sites is 1. The summed E-state index contributed by atoms with van der Waals surface area (Å²) in [6.45, 7) is 1.43. The largest absolute Gasteiger partial charge is 0.443 e. The Hall–Kier alpha value is -3.08. The number of fused-ring (bicyclic) bond motifs is 1. The third kappa shape index (κ3) is 3.72. The molecule has 4 rings (SSSR count). The summed E-state index contributed by atoms with van der Waals surface area (Å²) in [6, 6.07) is 18.6. The highest BCUT2D eigenvalue weighted by Gasteiger charge is 2.31. The zero-order chi connectivity index (χ0) is 18.6. The minimum atomic E-state index is -0.928. The number of benzene rings is 2.